The van der Waals surface area contributed by atoms with Crippen LogP contribution >= 0.6 is 11.8 Å². The Bertz CT molecular complexity index is 928. The molecule has 2 heterocycles. The maximum absolute atomic E-state index is 12.9. The number of benzene rings is 2. The van der Waals surface area contributed by atoms with Gasteiger partial charge in [0, 0.05) is 24.2 Å². The lowest BCUT2D eigenvalue weighted by atomic mass is 10.2. The Labute approximate surface area is 162 Å². The number of hydrogen-bond acceptors (Lipinski definition) is 6. The van der Waals surface area contributed by atoms with E-state index in [0.29, 0.717) is 5.75 Å². The molecule has 1 unspecified atom stereocenters. The number of thioether (sulfide) groups is 1. The van der Waals surface area contributed by atoms with Crippen LogP contribution in [0.2, 0.25) is 0 Å². The molecular formula is C20H20N4O2S. The van der Waals surface area contributed by atoms with Gasteiger partial charge >= 0.3 is 0 Å². The zero-order valence-electron chi connectivity index (χ0n) is 15.1. The molecule has 27 heavy (non-hydrogen) atoms. The molecular weight excluding hydrogens is 360 g/mol. The quantitative estimate of drug-likeness (QED) is 0.882. The number of rotatable bonds is 4. The van der Waals surface area contributed by atoms with Crippen LogP contribution in [0, 0.1) is 6.92 Å². The normalized spacial score (nSPS) is 18.2. The van der Waals surface area contributed by atoms with Crippen molar-refractivity contribution in [1.29, 1.82) is 0 Å². The molecule has 2 aliphatic heterocycles. The molecule has 0 bridgehead atoms. The van der Waals surface area contributed by atoms with Gasteiger partial charge in [-0.3, -0.25) is 20.0 Å². The Morgan fingerprint density at radius 2 is 2.04 bits per heavy atom. The molecule has 7 heteroatoms. The molecule has 2 aliphatic rings. The molecule has 6 nitrogen and oxygen atoms in total. The molecule has 1 atom stereocenters. The fraction of sp³-hybridized carbons (Fsp3) is 0.200. The highest BCUT2D eigenvalue weighted by atomic mass is 32.2. The van der Waals surface area contributed by atoms with Gasteiger partial charge in [-0.2, -0.15) is 5.10 Å². The van der Waals surface area contributed by atoms with E-state index in [1.165, 1.54) is 11.1 Å². The van der Waals surface area contributed by atoms with Crippen LogP contribution in [-0.2, 0) is 10.5 Å². The van der Waals surface area contributed by atoms with E-state index < -0.39 is 6.17 Å². The molecule has 4 rings (SSSR count). The zero-order chi connectivity index (χ0) is 18.8. The molecule has 0 fully saturated rings. The lowest BCUT2D eigenvalue weighted by Gasteiger charge is -2.32. The van der Waals surface area contributed by atoms with Crippen LogP contribution in [0.4, 0.5) is 5.69 Å². The van der Waals surface area contributed by atoms with Crippen molar-refractivity contribution in [3.05, 3.63) is 72.1 Å². The van der Waals surface area contributed by atoms with E-state index in [4.69, 9.17) is 4.74 Å². The number of nitrogens with zero attached hydrogens (tertiary/aromatic N) is 3. The molecule has 2 aromatic carbocycles. The molecule has 2 aromatic rings. The highest BCUT2D eigenvalue weighted by Gasteiger charge is 2.38. The maximum Gasteiger partial charge on any atom is 0.276 e. The van der Waals surface area contributed by atoms with E-state index in [9.17, 15) is 4.79 Å². The number of hydrazone groups is 1. The van der Waals surface area contributed by atoms with Crippen molar-refractivity contribution in [2.24, 2.45) is 5.10 Å². The first kappa shape index (κ1) is 17.5. The Morgan fingerprint density at radius 3 is 2.85 bits per heavy atom. The number of ether oxygens (including phenoxy) is 1. The molecule has 0 saturated heterocycles. The first-order chi connectivity index (χ1) is 13.2. The molecule has 0 aliphatic carbocycles. The van der Waals surface area contributed by atoms with Crippen LogP contribution in [0.15, 0.2) is 66.0 Å². The molecule has 0 saturated carbocycles. The number of carbonyl (C=O) groups is 1. The summed E-state index contributed by atoms with van der Waals surface area (Å²) in [5.74, 6) is 1.43. The van der Waals surface area contributed by atoms with E-state index in [0.717, 1.165) is 16.6 Å². The molecule has 0 spiro atoms. The van der Waals surface area contributed by atoms with Gasteiger partial charge < -0.3 is 4.74 Å². The number of fused-ring (bicyclic) bond motifs is 1. The fourth-order valence-electron chi connectivity index (χ4n) is 3.04. The predicted molar refractivity (Wildman–Crippen MR) is 108 cm³/mol. The van der Waals surface area contributed by atoms with Gasteiger partial charge in [0.1, 0.15) is 5.75 Å². The van der Waals surface area contributed by atoms with Gasteiger partial charge in [0.25, 0.3) is 5.91 Å². The summed E-state index contributed by atoms with van der Waals surface area (Å²) in [4.78, 5) is 16.4. The summed E-state index contributed by atoms with van der Waals surface area (Å²) in [6.07, 6.45) is 3.12. The van der Waals surface area contributed by atoms with Crippen molar-refractivity contribution in [3.63, 3.8) is 0 Å². The third kappa shape index (κ3) is 3.50. The number of amidine groups is 1. The Hall–Kier alpha value is -2.93. The molecule has 0 radical (unpaired) electrons. The van der Waals surface area contributed by atoms with Crippen LogP contribution in [0.5, 0.6) is 5.75 Å². The number of carbonyl (C=O) groups excluding carboxylic acids is 1. The van der Waals surface area contributed by atoms with Crippen molar-refractivity contribution >= 4 is 28.5 Å². The minimum Gasteiger partial charge on any atom is -0.497 e. The summed E-state index contributed by atoms with van der Waals surface area (Å²) in [7, 11) is 1.61. The van der Waals surface area contributed by atoms with Gasteiger partial charge in [-0.1, -0.05) is 47.7 Å². The van der Waals surface area contributed by atoms with E-state index >= 15 is 0 Å². The van der Waals surface area contributed by atoms with E-state index in [1.54, 1.807) is 30.0 Å². The minimum atomic E-state index is -0.527. The maximum atomic E-state index is 12.9. The highest BCUT2D eigenvalue weighted by Crippen LogP contribution is 2.28. The fourth-order valence-corrected chi connectivity index (χ4v) is 3.95. The second-order valence-electron chi connectivity index (χ2n) is 6.32. The Balaban J connectivity index is 1.48. The van der Waals surface area contributed by atoms with Crippen LogP contribution in [0.25, 0.3) is 0 Å². The summed E-state index contributed by atoms with van der Waals surface area (Å²) in [6.45, 7) is 2.08. The second-order valence-corrected chi connectivity index (χ2v) is 7.26. The first-order valence-corrected chi connectivity index (χ1v) is 9.59. The average Bonchev–Trinajstić information content (AvgIpc) is 3.11. The number of amides is 1. The van der Waals surface area contributed by atoms with Crippen molar-refractivity contribution in [2.75, 3.05) is 12.0 Å². The monoisotopic (exact) mass is 380 g/mol. The zero-order valence-corrected chi connectivity index (χ0v) is 15.9. The number of aryl methyl sites for hydroxylation is 1. The molecule has 1 amide bonds. The molecule has 1 N–H and O–H groups in total. The molecule has 0 aromatic heterocycles. The summed E-state index contributed by atoms with van der Waals surface area (Å²) in [5, 5.41) is 5.15. The second kappa shape index (κ2) is 7.36. The smallest absolute Gasteiger partial charge is 0.276 e. The number of hydrogen-bond donors (Lipinski definition) is 1. The number of methoxy groups -OCH3 is 1. The SMILES string of the molecule is COc1cccc(N2C=CN3C(SCc4cccc(C)c4)=NNC3C2=O)c1. The first-order valence-electron chi connectivity index (χ1n) is 8.61. The van der Waals surface area contributed by atoms with Crippen LogP contribution in [0.3, 0.4) is 0 Å². The third-order valence-electron chi connectivity index (χ3n) is 4.41. The lowest BCUT2D eigenvalue weighted by Crippen LogP contribution is -2.52. The van der Waals surface area contributed by atoms with Crippen molar-refractivity contribution in [1.82, 2.24) is 10.3 Å². The Kier molecular flexibility index (Phi) is 4.77. The van der Waals surface area contributed by atoms with Gasteiger partial charge in [0.15, 0.2) is 5.17 Å². The van der Waals surface area contributed by atoms with Crippen LogP contribution < -0.4 is 15.1 Å². The van der Waals surface area contributed by atoms with Gasteiger partial charge in [0.05, 0.1) is 12.8 Å². The number of anilines is 1. The Morgan fingerprint density at radius 1 is 1.19 bits per heavy atom. The third-order valence-corrected chi connectivity index (χ3v) is 5.45. The van der Waals surface area contributed by atoms with Crippen LogP contribution in [0.1, 0.15) is 11.1 Å². The van der Waals surface area contributed by atoms with Gasteiger partial charge in [-0.05, 0) is 24.6 Å². The van der Waals surface area contributed by atoms with Gasteiger partial charge in [0.2, 0.25) is 6.17 Å². The lowest BCUT2D eigenvalue weighted by molar-refractivity contribution is -0.122. The number of nitrogens with one attached hydrogen (secondary N) is 1. The van der Waals surface area contributed by atoms with E-state index in [1.807, 2.05) is 35.4 Å². The topological polar surface area (TPSA) is 57.2 Å². The summed E-state index contributed by atoms with van der Waals surface area (Å²) >= 11 is 1.61. The predicted octanol–water partition coefficient (Wildman–Crippen LogP) is 3.26. The largest absolute Gasteiger partial charge is 0.497 e. The summed E-state index contributed by atoms with van der Waals surface area (Å²) < 4.78 is 5.25. The average molecular weight is 380 g/mol. The summed E-state index contributed by atoms with van der Waals surface area (Å²) in [6, 6.07) is 15.8. The van der Waals surface area contributed by atoms with E-state index in [-0.39, 0.29) is 5.91 Å². The minimum absolute atomic E-state index is 0.0827. The molecule has 138 valence electrons. The van der Waals surface area contributed by atoms with Crippen molar-refractivity contribution < 1.29 is 9.53 Å². The van der Waals surface area contributed by atoms with Crippen molar-refractivity contribution in [2.45, 2.75) is 18.8 Å². The van der Waals surface area contributed by atoms with Crippen molar-refractivity contribution in [3.8, 4) is 5.75 Å². The summed E-state index contributed by atoms with van der Waals surface area (Å²) in [5.41, 5.74) is 6.18. The van der Waals surface area contributed by atoms with Gasteiger partial charge in [-0.25, -0.2) is 0 Å². The highest BCUT2D eigenvalue weighted by molar-refractivity contribution is 8.13. The van der Waals surface area contributed by atoms with Crippen LogP contribution in [-0.4, -0.2) is 29.3 Å². The standard InChI is InChI=1S/C20H20N4O2S/c1-14-5-3-6-15(11-14)13-27-20-22-21-18-19(25)23(9-10-24(18)20)16-7-4-8-17(12-16)26-2/h3-12,18,21H,13H2,1-2H3. The van der Waals surface area contributed by atoms with E-state index in [2.05, 4.69) is 41.7 Å². The van der Waals surface area contributed by atoms with Gasteiger partial charge in [-0.15, -0.1) is 0 Å².